The van der Waals surface area contributed by atoms with E-state index in [9.17, 15) is 4.79 Å². The first-order valence-corrected chi connectivity index (χ1v) is 11.2. The minimum Gasteiger partial charge on any atom is -0.341 e. The lowest BCUT2D eigenvalue weighted by Crippen LogP contribution is -2.32. The fourth-order valence-corrected chi connectivity index (χ4v) is 4.67. The van der Waals surface area contributed by atoms with Crippen LogP contribution in [0.15, 0.2) is 42.7 Å². The zero-order valence-corrected chi connectivity index (χ0v) is 17.9. The molecule has 2 saturated heterocycles. The molecule has 7 nitrogen and oxygen atoms in total. The van der Waals surface area contributed by atoms with Gasteiger partial charge in [-0.3, -0.25) is 9.89 Å². The Balaban J connectivity index is 1.38. The highest BCUT2D eigenvalue weighted by Crippen LogP contribution is 2.36. The van der Waals surface area contributed by atoms with E-state index in [-0.39, 0.29) is 11.9 Å². The molecular weight excluding hydrogens is 388 g/mol. The summed E-state index contributed by atoms with van der Waals surface area (Å²) in [7, 11) is 0. The third-order valence-electron chi connectivity index (χ3n) is 6.36. The lowest BCUT2D eigenvalue weighted by atomic mass is 10.0. The highest BCUT2D eigenvalue weighted by atomic mass is 16.2. The van der Waals surface area contributed by atoms with Gasteiger partial charge in [0.2, 0.25) is 11.9 Å². The van der Waals surface area contributed by atoms with Crippen molar-refractivity contribution in [3.8, 4) is 11.3 Å². The summed E-state index contributed by atoms with van der Waals surface area (Å²) in [6.07, 6.45) is 8.36. The number of rotatable bonds is 5. The van der Waals surface area contributed by atoms with E-state index in [1.165, 1.54) is 18.4 Å². The summed E-state index contributed by atoms with van der Waals surface area (Å²) in [4.78, 5) is 26.7. The van der Waals surface area contributed by atoms with E-state index in [0.29, 0.717) is 6.42 Å². The minimum atomic E-state index is 0.000602. The van der Waals surface area contributed by atoms with Gasteiger partial charge < -0.3 is 9.80 Å². The second kappa shape index (κ2) is 8.49. The van der Waals surface area contributed by atoms with Crippen LogP contribution in [0.2, 0.25) is 0 Å². The van der Waals surface area contributed by atoms with Crippen molar-refractivity contribution >= 4 is 11.9 Å². The predicted octanol–water partition coefficient (Wildman–Crippen LogP) is 3.68. The van der Waals surface area contributed by atoms with E-state index in [2.05, 4.69) is 39.1 Å². The van der Waals surface area contributed by atoms with Crippen molar-refractivity contribution in [1.82, 2.24) is 25.1 Å². The maximum atomic E-state index is 13.1. The summed E-state index contributed by atoms with van der Waals surface area (Å²) in [5, 5.41) is 7.49. The molecule has 1 N–H and O–H groups in total. The molecule has 1 atom stereocenters. The Labute approximate surface area is 182 Å². The average molecular weight is 417 g/mol. The van der Waals surface area contributed by atoms with Crippen molar-refractivity contribution in [3.05, 3.63) is 59.5 Å². The Morgan fingerprint density at radius 3 is 2.71 bits per heavy atom. The molecule has 0 spiro atoms. The molecule has 4 heterocycles. The van der Waals surface area contributed by atoms with E-state index in [4.69, 9.17) is 4.98 Å². The molecule has 5 rings (SSSR count). The third kappa shape index (κ3) is 4.04. The van der Waals surface area contributed by atoms with Crippen LogP contribution in [0.25, 0.3) is 11.3 Å². The van der Waals surface area contributed by atoms with Crippen molar-refractivity contribution in [2.45, 2.75) is 45.1 Å². The summed E-state index contributed by atoms with van der Waals surface area (Å²) in [6.45, 7) is 4.85. The van der Waals surface area contributed by atoms with Crippen LogP contribution in [-0.4, -0.2) is 50.6 Å². The Bertz CT molecular complexity index is 1050. The SMILES string of the molecule is Cc1ccc(CC(=O)N2CCCC2c2[nH]ncc2-c2ccnc(N3CCCC3)n2)cc1. The molecule has 3 aromatic rings. The van der Waals surface area contributed by atoms with Crippen LogP contribution in [-0.2, 0) is 11.2 Å². The topological polar surface area (TPSA) is 78.0 Å². The quantitative estimate of drug-likeness (QED) is 0.686. The largest absolute Gasteiger partial charge is 0.341 e. The Kier molecular flexibility index (Phi) is 5.40. The molecule has 0 saturated carbocycles. The number of carbonyl (C=O) groups excluding carboxylic acids is 1. The highest BCUT2D eigenvalue weighted by molar-refractivity contribution is 5.80. The van der Waals surface area contributed by atoms with Crippen LogP contribution in [0.1, 0.15) is 48.5 Å². The molecule has 1 aromatic carbocycles. The number of aromatic amines is 1. The first-order valence-electron chi connectivity index (χ1n) is 11.2. The molecule has 0 aliphatic carbocycles. The molecule has 0 bridgehead atoms. The number of H-pyrrole nitrogens is 1. The van der Waals surface area contributed by atoms with Gasteiger partial charge in [0.1, 0.15) is 0 Å². The minimum absolute atomic E-state index is 0.000602. The second-order valence-corrected chi connectivity index (χ2v) is 8.54. The van der Waals surface area contributed by atoms with Crippen molar-refractivity contribution in [2.24, 2.45) is 0 Å². The average Bonchev–Trinajstić information content (AvgIpc) is 3.56. The summed E-state index contributed by atoms with van der Waals surface area (Å²) in [5.74, 6) is 0.938. The van der Waals surface area contributed by atoms with Crippen molar-refractivity contribution in [1.29, 1.82) is 0 Å². The predicted molar refractivity (Wildman–Crippen MR) is 120 cm³/mol. The molecule has 2 aliphatic heterocycles. The molecule has 2 aromatic heterocycles. The maximum absolute atomic E-state index is 13.1. The van der Waals surface area contributed by atoms with Crippen molar-refractivity contribution in [2.75, 3.05) is 24.5 Å². The van der Waals surface area contributed by atoms with Crippen LogP contribution in [0.3, 0.4) is 0 Å². The van der Waals surface area contributed by atoms with Gasteiger partial charge in [-0.15, -0.1) is 0 Å². The number of likely N-dealkylation sites (tertiary alicyclic amines) is 1. The van der Waals surface area contributed by atoms with Gasteiger partial charge in [0, 0.05) is 31.4 Å². The van der Waals surface area contributed by atoms with E-state index >= 15 is 0 Å². The number of hydrogen-bond donors (Lipinski definition) is 1. The number of carbonyl (C=O) groups is 1. The first kappa shape index (κ1) is 19.7. The number of nitrogens with one attached hydrogen (secondary N) is 1. The Morgan fingerprint density at radius 1 is 1.10 bits per heavy atom. The number of aryl methyl sites for hydroxylation is 1. The number of amides is 1. The van der Waals surface area contributed by atoms with Gasteiger partial charge in [0.05, 0.1) is 30.0 Å². The van der Waals surface area contributed by atoms with Crippen molar-refractivity contribution in [3.63, 3.8) is 0 Å². The lowest BCUT2D eigenvalue weighted by molar-refractivity contribution is -0.131. The number of anilines is 1. The van der Waals surface area contributed by atoms with Gasteiger partial charge in [0.15, 0.2) is 0 Å². The molecule has 31 heavy (non-hydrogen) atoms. The zero-order chi connectivity index (χ0) is 21.2. The Morgan fingerprint density at radius 2 is 1.90 bits per heavy atom. The van der Waals surface area contributed by atoms with Crippen LogP contribution in [0.4, 0.5) is 5.95 Å². The van der Waals surface area contributed by atoms with E-state index in [1.54, 1.807) is 0 Å². The van der Waals surface area contributed by atoms with Gasteiger partial charge in [-0.2, -0.15) is 5.10 Å². The summed E-state index contributed by atoms with van der Waals surface area (Å²) >= 11 is 0. The third-order valence-corrected chi connectivity index (χ3v) is 6.36. The summed E-state index contributed by atoms with van der Waals surface area (Å²) in [6, 6.07) is 10.1. The van der Waals surface area contributed by atoms with Crippen molar-refractivity contribution < 1.29 is 4.79 Å². The number of benzene rings is 1. The molecular formula is C24H28N6O. The lowest BCUT2D eigenvalue weighted by Gasteiger charge is -2.25. The molecule has 1 unspecified atom stereocenters. The number of nitrogens with zero attached hydrogens (tertiary/aromatic N) is 5. The highest BCUT2D eigenvalue weighted by Gasteiger charge is 2.33. The normalized spacial score (nSPS) is 18.7. The van der Waals surface area contributed by atoms with Gasteiger partial charge in [-0.1, -0.05) is 29.8 Å². The fraction of sp³-hybridized carbons (Fsp3) is 0.417. The van der Waals surface area contributed by atoms with Gasteiger partial charge >= 0.3 is 0 Å². The van der Waals surface area contributed by atoms with E-state index in [0.717, 1.165) is 60.9 Å². The van der Waals surface area contributed by atoms with Crippen LogP contribution < -0.4 is 4.90 Å². The van der Waals surface area contributed by atoms with Gasteiger partial charge in [0.25, 0.3) is 0 Å². The molecule has 160 valence electrons. The van der Waals surface area contributed by atoms with Gasteiger partial charge in [-0.05, 0) is 44.2 Å². The fourth-order valence-electron chi connectivity index (χ4n) is 4.67. The summed E-state index contributed by atoms with van der Waals surface area (Å²) < 4.78 is 0. The maximum Gasteiger partial charge on any atom is 0.227 e. The monoisotopic (exact) mass is 416 g/mol. The van der Waals surface area contributed by atoms with Crippen LogP contribution in [0, 0.1) is 6.92 Å². The smallest absolute Gasteiger partial charge is 0.227 e. The second-order valence-electron chi connectivity index (χ2n) is 8.54. The number of aromatic nitrogens is 4. The van der Waals surface area contributed by atoms with Crippen LogP contribution >= 0.6 is 0 Å². The van der Waals surface area contributed by atoms with Crippen LogP contribution in [0.5, 0.6) is 0 Å². The standard InChI is InChI=1S/C24H28N6O/c1-17-6-8-18(9-7-17)15-22(31)30-14-4-5-21(30)23-19(16-26-28-23)20-10-11-25-24(27-20)29-12-2-3-13-29/h6-11,16,21H,2-5,12-15H2,1H3,(H,26,28). The summed E-state index contributed by atoms with van der Waals surface area (Å²) in [5.41, 5.74) is 5.05. The molecule has 7 heteroatoms. The molecule has 1 amide bonds. The Hall–Kier alpha value is -3.22. The molecule has 2 aliphatic rings. The number of hydrogen-bond acceptors (Lipinski definition) is 5. The molecule has 0 radical (unpaired) electrons. The van der Waals surface area contributed by atoms with Gasteiger partial charge in [-0.25, -0.2) is 9.97 Å². The first-order chi connectivity index (χ1) is 15.2. The van der Waals surface area contributed by atoms with E-state index < -0.39 is 0 Å². The molecule has 2 fully saturated rings. The zero-order valence-electron chi connectivity index (χ0n) is 17.9. The van der Waals surface area contributed by atoms with E-state index in [1.807, 2.05) is 35.5 Å².